The van der Waals surface area contributed by atoms with Gasteiger partial charge in [0.05, 0.1) is 0 Å². The van der Waals surface area contributed by atoms with Gasteiger partial charge in [-0.15, -0.1) is 0 Å². The molecule has 160 valence electrons. The van der Waals surface area contributed by atoms with Crippen LogP contribution in [-0.2, 0) is 13.1 Å². The van der Waals surface area contributed by atoms with E-state index in [1.165, 1.54) is 5.56 Å². The van der Waals surface area contributed by atoms with E-state index in [2.05, 4.69) is 43.6 Å². The van der Waals surface area contributed by atoms with Crippen molar-refractivity contribution in [1.82, 2.24) is 15.2 Å². The second kappa shape index (κ2) is 10.3. The Kier molecular flexibility index (Phi) is 7.02. The number of anilines is 2. The summed E-state index contributed by atoms with van der Waals surface area (Å²) in [7, 11) is 0. The molecule has 2 heterocycles. The molecule has 2 amide bonds. The molecule has 0 radical (unpaired) electrons. The maximum absolute atomic E-state index is 12.1. The van der Waals surface area contributed by atoms with E-state index in [4.69, 9.17) is 11.6 Å². The number of carbonyl (C=O) groups is 1. The lowest BCUT2D eigenvalue weighted by Crippen LogP contribution is -2.46. The van der Waals surface area contributed by atoms with Crippen LogP contribution in [0.25, 0.3) is 0 Å². The number of piperazine rings is 1. The molecule has 31 heavy (non-hydrogen) atoms. The number of pyridine rings is 1. The number of carbonyl (C=O) groups excluding carboxylic acids is 1. The smallest absolute Gasteiger partial charge is 0.319 e. The van der Waals surface area contributed by atoms with E-state index >= 15 is 0 Å². The van der Waals surface area contributed by atoms with Crippen molar-refractivity contribution in [2.75, 3.05) is 36.4 Å². The Morgan fingerprint density at radius 2 is 1.61 bits per heavy atom. The molecule has 0 aliphatic carbocycles. The monoisotopic (exact) mass is 435 g/mol. The minimum Gasteiger partial charge on any atom is -0.354 e. The number of hydrogen-bond acceptors (Lipinski definition) is 4. The van der Waals surface area contributed by atoms with Crippen LogP contribution >= 0.6 is 11.6 Å². The average Bonchev–Trinajstić information content (AvgIpc) is 2.81. The van der Waals surface area contributed by atoms with E-state index in [0.717, 1.165) is 49.8 Å². The molecule has 1 aliphatic heterocycles. The molecular weight excluding hydrogens is 410 g/mol. The fraction of sp³-hybridized carbons (Fsp3) is 0.250. The molecular formula is C24H26ClN5O. The predicted molar refractivity (Wildman–Crippen MR) is 125 cm³/mol. The van der Waals surface area contributed by atoms with Gasteiger partial charge >= 0.3 is 6.03 Å². The van der Waals surface area contributed by atoms with E-state index < -0.39 is 0 Å². The Hall–Kier alpha value is -3.09. The van der Waals surface area contributed by atoms with Crippen LogP contribution in [0.2, 0.25) is 5.02 Å². The first kappa shape index (κ1) is 21.2. The molecule has 1 fully saturated rings. The number of hydrogen-bond donors (Lipinski definition) is 2. The summed E-state index contributed by atoms with van der Waals surface area (Å²) in [6.07, 6.45) is 1.84. The van der Waals surface area contributed by atoms with E-state index in [-0.39, 0.29) is 6.03 Å². The zero-order valence-corrected chi connectivity index (χ0v) is 18.1. The molecule has 1 aliphatic rings. The first-order valence-corrected chi connectivity index (χ1v) is 10.8. The Balaban J connectivity index is 1.21. The molecule has 0 spiro atoms. The molecule has 2 aromatic carbocycles. The number of aromatic nitrogens is 1. The minimum atomic E-state index is -0.228. The number of nitrogens with zero attached hydrogens (tertiary/aromatic N) is 3. The van der Waals surface area contributed by atoms with Crippen molar-refractivity contribution in [1.29, 1.82) is 0 Å². The lowest BCUT2D eigenvalue weighted by molar-refractivity contribution is 0.249. The summed E-state index contributed by atoms with van der Waals surface area (Å²) >= 11 is 5.88. The van der Waals surface area contributed by atoms with Crippen LogP contribution in [0, 0.1) is 0 Å². The molecule has 3 aromatic rings. The fourth-order valence-electron chi connectivity index (χ4n) is 3.59. The summed E-state index contributed by atoms with van der Waals surface area (Å²) in [5, 5.41) is 6.41. The second-order valence-electron chi connectivity index (χ2n) is 7.58. The van der Waals surface area contributed by atoms with Crippen LogP contribution in [0.5, 0.6) is 0 Å². The SMILES string of the molecule is O=C(NCc1ccc(Cl)cc1)Nc1ccc(CN2CCN(c3ccccn3)CC2)cc1. The van der Waals surface area contributed by atoms with Crippen molar-refractivity contribution in [3.05, 3.63) is 89.1 Å². The molecule has 4 rings (SSSR count). The highest BCUT2D eigenvalue weighted by Gasteiger charge is 2.17. The van der Waals surface area contributed by atoms with E-state index in [9.17, 15) is 4.79 Å². The Morgan fingerprint density at radius 1 is 0.903 bits per heavy atom. The predicted octanol–water partition coefficient (Wildman–Crippen LogP) is 4.38. The van der Waals surface area contributed by atoms with Crippen LogP contribution < -0.4 is 15.5 Å². The molecule has 2 N–H and O–H groups in total. The van der Waals surface area contributed by atoms with Gasteiger partial charge in [0.15, 0.2) is 0 Å². The standard InChI is InChI=1S/C24H26ClN5O/c25-21-8-4-19(5-9-21)17-27-24(31)28-22-10-6-20(7-11-22)18-29-13-15-30(16-14-29)23-3-1-2-12-26-23/h1-12H,13-18H2,(H2,27,28,31). The summed E-state index contributed by atoms with van der Waals surface area (Å²) in [5.41, 5.74) is 3.01. The average molecular weight is 436 g/mol. The van der Waals surface area contributed by atoms with Gasteiger partial charge in [0.2, 0.25) is 0 Å². The van der Waals surface area contributed by atoms with E-state index in [1.807, 2.05) is 54.7 Å². The second-order valence-corrected chi connectivity index (χ2v) is 8.02. The van der Waals surface area contributed by atoms with Crippen LogP contribution in [-0.4, -0.2) is 42.1 Å². The number of urea groups is 1. The number of halogens is 1. The number of nitrogens with one attached hydrogen (secondary N) is 2. The highest BCUT2D eigenvalue weighted by atomic mass is 35.5. The minimum absolute atomic E-state index is 0.228. The van der Waals surface area contributed by atoms with Gasteiger partial charge in [-0.3, -0.25) is 4.90 Å². The Bertz CT molecular complexity index is 971. The van der Waals surface area contributed by atoms with Crippen LogP contribution in [0.3, 0.4) is 0 Å². The molecule has 7 heteroatoms. The lowest BCUT2D eigenvalue weighted by atomic mass is 10.1. The maximum Gasteiger partial charge on any atom is 0.319 e. The van der Waals surface area contributed by atoms with E-state index in [1.54, 1.807) is 0 Å². The Labute approximate surface area is 187 Å². The third-order valence-corrected chi connectivity index (χ3v) is 5.58. The third-order valence-electron chi connectivity index (χ3n) is 5.33. The van der Waals surface area contributed by atoms with Gasteiger partial charge < -0.3 is 15.5 Å². The molecule has 1 aromatic heterocycles. The molecule has 6 nitrogen and oxygen atoms in total. The molecule has 0 saturated carbocycles. The molecule has 0 unspecified atom stereocenters. The van der Waals surface area contributed by atoms with Gasteiger partial charge in [0, 0.05) is 56.2 Å². The molecule has 0 atom stereocenters. The third kappa shape index (κ3) is 6.20. The zero-order chi connectivity index (χ0) is 21.5. The maximum atomic E-state index is 12.1. The van der Waals surface area contributed by atoms with E-state index in [0.29, 0.717) is 11.6 Å². The van der Waals surface area contributed by atoms with Crippen LogP contribution in [0.15, 0.2) is 72.9 Å². The summed E-state index contributed by atoms with van der Waals surface area (Å²) < 4.78 is 0. The zero-order valence-electron chi connectivity index (χ0n) is 17.3. The quantitative estimate of drug-likeness (QED) is 0.603. The van der Waals surface area contributed by atoms with Crippen molar-refractivity contribution in [3.63, 3.8) is 0 Å². The number of amides is 2. The fourth-order valence-corrected chi connectivity index (χ4v) is 3.71. The summed E-state index contributed by atoms with van der Waals surface area (Å²) in [4.78, 5) is 21.3. The first-order chi connectivity index (χ1) is 15.2. The number of benzene rings is 2. The lowest BCUT2D eigenvalue weighted by Gasteiger charge is -2.35. The van der Waals surface area contributed by atoms with Crippen molar-refractivity contribution < 1.29 is 4.79 Å². The summed E-state index contributed by atoms with van der Waals surface area (Å²) in [6.45, 7) is 5.31. The summed E-state index contributed by atoms with van der Waals surface area (Å²) in [5.74, 6) is 1.05. The largest absolute Gasteiger partial charge is 0.354 e. The van der Waals surface area contributed by atoms with Crippen molar-refractivity contribution in [2.24, 2.45) is 0 Å². The first-order valence-electron chi connectivity index (χ1n) is 10.4. The van der Waals surface area contributed by atoms with Gasteiger partial charge in [0.25, 0.3) is 0 Å². The van der Waals surface area contributed by atoms with Crippen molar-refractivity contribution in [2.45, 2.75) is 13.1 Å². The summed E-state index contributed by atoms with van der Waals surface area (Å²) in [6, 6.07) is 21.3. The van der Waals surface area contributed by atoms with Crippen molar-refractivity contribution >= 4 is 29.1 Å². The highest BCUT2D eigenvalue weighted by molar-refractivity contribution is 6.30. The van der Waals surface area contributed by atoms with Crippen LogP contribution in [0.4, 0.5) is 16.3 Å². The van der Waals surface area contributed by atoms with Gasteiger partial charge in [-0.1, -0.05) is 41.9 Å². The van der Waals surface area contributed by atoms with Crippen molar-refractivity contribution in [3.8, 4) is 0 Å². The van der Waals surface area contributed by atoms with Gasteiger partial charge in [0.1, 0.15) is 5.82 Å². The van der Waals surface area contributed by atoms with Crippen LogP contribution in [0.1, 0.15) is 11.1 Å². The topological polar surface area (TPSA) is 60.5 Å². The van der Waals surface area contributed by atoms with Gasteiger partial charge in [-0.25, -0.2) is 9.78 Å². The Morgan fingerprint density at radius 3 is 2.29 bits per heavy atom. The number of rotatable bonds is 6. The normalized spacial score (nSPS) is 14.3. The molecule has 0 bridgehead atoms. The molecule has 1 saturated heterocycles. The highest BCUT2D eigenvalue weighted by Crippen LogP contribution is 2.16. The van der Waals surface area contributed by atoms with Gasteiger partial charge in [-0.2, -0.15) is 0 Å². The van der Waals surface area contributed by atoms with Gasteiger partial charge in [-0.05, 0) is 47.5 Å².